The molecule has 0 heterocycles. The average Bonchev–Trinajstić information content (AvgIpc) is 2.23. The molecule has 0 unspecified atom stereocenters. The van der Waals surface area contributed by atoms with E-state index in [0.29, 0.717) is 12.0 Å². The Morgan fingerprint density at radius 3 is 2.59 bits per heavy atom. The summed E-state index contributed by atoms with van der Waals surface area (Å²) in [6, 6.07) is -1.28. The van der Waals surface area contributed by atoms with Gasteiger partial charge >= 0.3 is 0 Å². The lowest BCUT2D eigenvalue weighted by Crippen LogP contribution is -2.57. The number of aliphatic hydroxyl groups is 1. The highest BCUT2D eigenvalue weighted by Crippen LogP contribution is 2.27. The first-order valence-electron chi connectivity index (χ1n) is 5.52. The van der Waals surface area contributed by atoms with Gasteiger partial charge in [-0.15, -0.1) is 0 Å². The molecule has 4 N–H and O–H groups in total. The molecule has 96 valence electrons. The van der Waals surface area contributed by atoms with Crippen molar-refractivity contribution in [2.24, 2.45) is 5.73 Å². The summed E-state index contributed by atoms with van der Waals surface area (Å²) in [6.45, 7) is 3.06. The number of hydrogen-bond acceptors (Lipinski definition) is 5. The maximum Gasteiger partial charge on any atom is 0.217 e. The maximum absolute atomic E-state index is 11.0. The Kier molecular flexibility index (Phi) is 4.25. The second kappa shape index (κ2) is 5.29. The molecule has 0 saturated carbocycles. The van der Waals surface area contributed by atoms with E-state index in [1.807, 2.05) is 0 Å². The Morgan fingerprint density at radius 2 is 2.18 bits per heavy atom. The third kappa shape index (κ3) is 2.83. The zero-order valence-corrected chi connectivity index (χ0v) is 9.90. The number of carboxylic acid groups (broad SMARTS) is 1. The Hall–Kier alpha value is -1.40. The molecule has 0 radical (unpaired) electrons. The number of nitrogens with two attached hydrogens (primary N) is 1. The topological polar surface area (TPSA) is 115 Å². The van der Waals surface area contributed by atoms with Crippen LogP contribution in [0.15, 0.2) is 11.1 Å². The first kappa shape index (κ1) is 13.7. The summed E-state index contributed by atoms with van der Waals surface area (Å²) in [7, 11) is 0. The number of rotatable bonds is 3. The van der Waals surface area contributed by atoms with Gasteiger partial charge in [0.25, 0.3) is 0 Å². The fourth-order valence-corrected chi connectivity index (χ4v) is 2.18. The summed E-state index contributed by atoms with van der Waals surface area (Å²) >= 11 is 0. The normalized spacial score (nSPS) is 29.1. The first-order valence-corrected chi connectivity index (χ1v) is 5.52. The lowest BCUT2D eigenvalue weighted by Gasteiger charge is -2.37. The highest BCUT2D eigenvalue weighted by atomic mass is 16.4. The van der Waals surface area contributed by atoms with Gasteiger partial charge in [0.1, 0.15) is 0 Å². The minimum atomic E-state index is -1.31. The maximum atomic E-state index is 11.0. The van der Waals surface area contributed by atoms with Crippen molar-refractivity contribution in [1.82, 2.24) is 5.32 Å². The van der Waals surface area contributed by atoms with Crippen LogP contribution in [0.2, 0.25) is 0 Å². The Balaban J connectivity index is 3.05. The zero-order valence-electron chi connectivity index (χ0n) is 9.90. The number of hydrogen-bond donors (Lipinski definition) is 3. The van der Waals surface area contributed by atoms with Crippen molar-refractivity contribution in [3.05, 3.63) is 11.1 Å². The molecule has 3 atom stereocenters. The van der Waals surface area contributed by atoms with Crippen molar-refractivity contribution >= 4 is 11.9 Å². The van der Waals surface area contributed by atoms with Crippen molar-refractivity contribution < 1.29 is 19.8 Å². The van der Waals surface area contributed by atoms with Crippen LogP contribution in [-0.4, -0.2) is 35.2 Å². The number of aliphatic hydroxyl groups excluding tert-OH is 1. The minimum absolute atomic E-state index is 0.0501. The molecule has 0 aromatic heterocycles. The monoisotopic (exact) mass is 241 g/mol. The van der Waals surface area contributed by atoms with Crippen molar-refractivity contribution in [3.8, 4) is 0 Å². The molecule has 6 heteroatoms. The van der Waals surface area contributed by atoms with Crippen LogP contribution in [0.1, 0.15) is 26.7 Å². The summed E-state index contributed by atoms with van der Waals surface area (Å²) in [4.78, 5) is 21.9. The lowest BCUT2D eigenvalue weighted by molar-refractivity contribution is -0.299. The van der Waals surface area contributed by atoms with Gasteiger partial charge in [0.2, 0.25) is 5.91 Å². The van der Waals surface area contributed by atoms with Gasteiger partial charge in [0, 0.05) is 13.0 Å². The van der Waals surface area contributed by atoms with Crippen molar-refractivity contribution in [2.75, 3.05) is 0 Å². The molecule has 17 heavy (non-hydrogen) atoms. The Morgan fingerprint density at radius 1 is 1.59 bits per heavy atom. The quantitative estimate of drug-likeness (QED) is 0.530. The van der Waals surface area contributed by atoms with Crippen LogP contribution in [0.5, 0.6) is 0 Å². The van der Waals surface area contributed by atoms with E-state index in [9.17, 15) is 19.8 Å². The number of amides is 1. The summed E-state index contributed by atoms with van der Waals surface area (Å²) in [5.74, 6) is -1.62. The van der Waals surface area contributed by atoms with E-state index < -0.39 is 24.2 Å². The Bertz CT molecular complexity index is 364. The van der Waals surface area contributed by atoms with E-state index in [2.05, 4.69) is 5.32 Å². The summed E-state index contributed by atoms with van der Waals surface area (Å²) in [5.41, 5.74) is 6.19. The van der Waals surface area contributed by atoms with Crippen LogP contribution in [0.25, 0.3) is 0 Å². The number of carboxylic acids is 1. The van der Waals surface area contributed by atoms with E-state index in [1.54, 1.807) is 6.92 Å². The molecule has 1 aliphatic carbocycles. The first-order chi connectivity index (χ1) is 7.88. The van der Waals surface area contributed by atoms with Gasteiger partial charge in [-0.3, -0.25) is 4.79 Å². The van der Waals surface area contributed by atoms with Crippen molar-refractivity contribution in [2.45, 2.75) is 44.9 Å². The predicted molar refractivity (Wildman–Crippen MR) is 58.5 cm³/mol. The fraction of sp³-hybridized carbons (Fsp3) is 0.636. The molecule has 1 rings (SSSR count). The molecule has 0 bridgehead atoms. The second-order valence-corrected chi connectivity index (χ2v) is 4.18. The average molecular weight is 241 g/mol. The third-order valence-electron chi connectivity index (χ3n) is 2.98. The summed E-state index contributed by atoms with van der Waals surface area (Å²) < 4.78 is 0. The minimum Gasteiger partial charge on any atom is -0.545 e. The molecule has 0 aromatic rings. The molecule has 0 spiro atoms. The summed E-state index contributed by atoms with van der Waals surface area (Å²) in [5, 5.41) is 23.5. The van der Waals surface area contributed by atoms with Crippen LogP contribution >= 0.6 is 0 Å². The van der Waals surface area contributed by atoms with Crippen LogP contribution < -0.4 is 16.2 Å². The highest BCUT2D eigenvalue weighted by Gasteiger charge is 2.35. The fourth-order valence-electron chi connectivity index (χ4n) is 2.18. The highest BCUT2D eigenvalue weighted by molar-refractivity contribution is 5.86. The van der Waals surface area contributed by atoms with Crippen LogP contribution in [0, 0.1) is 0 Å². The molecule has 0 fully saturated rings. The van der Waals surface area contributed by atoms with Crippen LogP contribution in [0.3, 0.4) is 0 Å². The number of carbonyl (C=O) groups is 2. The van der Waals surface area contributed by atoms with E-state index in [0.717, 1.165) is 0 Å². The molecule has 1 amide bonds. The molecular weight excluding hydrogens is 224 g/mol. The molecule has 1 aliphatic rings. The van der Waals surface area contributed by atoms with Gasteiger partial charge in [-0.2, -0.15) is 0 Å². The molecular formula is C11H17N2O4-. The smallest absolute Gasteiger partial charge is 0.217 e. The van der Waals surface area contributed by atoms with Gasteiger partial charge in [-0.25, -0.2) is 0 Å². The third-order valence-corrected chi connectivity index (χ3v) is 2.98. The van der Waals surface area contributed by atoms with Crippen molar-refractivity contribution in [3.63, 3.8) is 0 Å². The molecule has 0 saturated heterocycles. The van der Waals surface area contributed by atoms with Gasteiger partial charge in [0.05, 0.1) is 18.1 Å². The van der Waals surface area contributed by atoms with E-state index >= 15 is 0 Å². The van der Waals surface area contributed by atoms with Gasteiger partial charge in [0.15, 0.2) is 0 Å². The van der Waals surface area contributed by atoms with E-state index in [1.165, 1.54) is 6.92 Å². The SMILES string of the molecule is CCC1=C(C(=O)[O-])C[C@H](N)[C@@H](NC(C)=O)[C@@H]1O. The second-order valence-electron chi connectivity index (χ2n) is 4.18. The summed E-state index contributed by atoms with van der Waals surface area (Å²) in [6.07, 6.45) is -0.596. The zero-order chi connectivity index (χ0) is 13.2. The molecule has 6 nitrogen and oxygen atoms in total. The number of carbonyl (C=O) groups excluding carboxylic acids is 2. The Labute approximate surface area is 99.5 Å². The van der Waals surface area contributed by atoms with Gasteiger partial charge in [-0.1, -0.05) is 6.92 Å². The molecule has 0 aliphatic heterocycles. The van der Waals surface area contributed by atoms with Crippen LogP contribution in [0.4, 0.5) is 0 Å². The molecule has 0 aromatic carbocycles. The van der Waals surface area contributed by atoms with Gasteiger partial charge < -0.3 is 26.1 Å². The number of aliphatic carboxylic acids is 1. The van der Waals surface area contributed by atoms with E-state index in [-0.39, 0.29) is 17.9 Å². The largest absolute Gasteiger partial charge is 0.545 e. The van der Waals surface area contributed by atoms with Crippen LogP contribution in [-0.2, 0) is 9.59 Å². The lowest BCUT2D eigenvalue weighted by atomic mass is 9.81. The van der Waals surface area contributed by atoms with Gasteiger partial charge in [-0.05, 0) is 24.0 Å². The standard InChI is InChI=1S/C11H18N2O4/c1-3-6-7(11(16)17)4-8(12)9(10(6)15)13-5(2)14/h8-10,15H,3-4,12H2,1-2H3,(H,13,14)(H,16,17)/p-1/t8-,9+,10+/m0/s1. The predicted octanol–water partition coefficient (Wildman–Crippen LogP) is -1.96. The number of nitrogens with one attached hydrogen (secondary N) is 1. The van der Waals surface area contributed by atoms with Crippen molar-refractivity contribution in [1.29, 1.82) is 0 Å². The van der Waals surface area contributed by atoms with E-state index in [4.69, 9.17) is 5.73 Å².